The van der Waals surface area contributed by atoms with Crippen molar-refractivity contribution in [2.75, 3.05) is 35.2 Å². The molecule has 2 unspecified atom stereocenters. The van der Waals surface area contributed by atoms with Gasteiger partial charge >= 0.3 is 0 Å². The topological polar surface area (TPSA) is 92.5 Å². The quantitative estimate of drug-likeness (QED) is 0.408. The van der Waals surface area contributed by atoms with Crippen molar-refractivity contribution < 1.29 is 4.79 Å². The Labute approximate surface area is 256 Å². The fourth-order valence-electron chi connectivity index (χ4n) is 3.44. The van der Waals surface area contributed by atoms with Crippen molar-refractivity contribution in [2.24, 2.45) is 45.9 Å². The zero-order chi connectivity index (χ0) is 30.9. The first-order chi connectivity index (χ1) is 18.6. The highest BCUT2D eigenvalue weighted by Gasteiger charge is 2.36. The molecule has 0 saturated carbocycles. The van der Waals surface area contributed by atoms with Crippen LogP contribution < -0.4 is 9.60 Å². The number of rotatable bonds is 0. The summed E-state index contributed by atoms with van der Waals surface area (Å²) >= 11 is 6.21. The first-order valence-electron chi connectivity index (χ1n) is 12.8. The van der Waals surface area contributed by atoms with E-state index in [9.17, 15) is 4.79 Å². The first-order valence-corrected chi connectivity index (χ1v) is 16.0. The van der Waals surface area contributed by atoms with E-state index in [0.717, 1.165) is 31.3 Å². The van der Waals surface area contributed by atoms with Crippen molar-refractivity contribution >= 4 is 61.7 Å². The molecule has 2 aromatic heterocycles. The molecule has 224 valence electrons. The van der Waals surface area contributed by atoms with Gasteiger partial charge < -0.3 is 14.0 Å². The standard InChI is InChI=1S/C8H14N2S.C7H12N2S.C7H11NOS.C5H9N3S/c1-6-8(2,3)11-7(9-4)10(6)5;1-5-6(2)10-7(8-3)9(5)4;1-4-5(2)7(9)10-6(4)8-3;1-4-7-9-5(6-2)8(4)3/h1H2,2-5H3;1-4H3;4-5H,1-3H3;1-3H3. The summed E-state index contributed by atoms with van der Waals surface area (Å²) in [5.74, 6) is 1.51. The lowest BCUT2D eigenvalue weighted by Gasteiger charge is -2.18. The monoisotopic (exact) mass is 626 g/mol. The van der Waals surface area contributed by atoms with Gasteiger partial charge in [0.1, 0.15) is 5.82 Å². The van der Waals surface area contributed by atoms with Gasteiger partial charge in [-0.05, 0) is 46.4 Å². The number of nitrogens with zero attached hydrogens (tertiary/aromatic N) is 8. The lowest BCUT2D eigenvalue weighted by atomic mass is 9.99. The third kappa shape index (κ3) is 9.02. The molecule has 0 N–H and O–H groups in total. The second kappa shape index (κ2) is 15.9. The Morgan fingerprint density at radius 1 is 0.875 bits per heavy atom. The zero-order valence-electron chi connectivity index (χ0n) is 26.5. The maximum Gasteiger partial charge on any atom is 0.203 e. The van der Waals surface area contributed by atoms with E-state index in [4.69, 9.17) is 0 Å². The highest BCUT2D eigenvalue weighted by atomic mass is 32.2. The largest absolute Gasteiger partial charge is 0.327 e. The van der Waals surface area contributed by atoms with E-state index in [0.29, 0.717) is 5.92 Å². The van der Waals surface area contributed by atoms with Gasteiger partial charge in [-0.3, -0.25) is 24.8 Å². The summed E-state index contributed by atoms with van der Waals surface area (Å²) in [7, 11) is 13.2. The summed E-state index contributed by atoms with van der Waals surface area (Å²) in [6.45, 7) is 18.5. The maximum atomic E-state index is 11.0. The molecule has 2 saturated heterocycles. The van der Waals surface area contributed by atoms with Crippen LogP contribution in [-0.2, 0) is 18.9 Å². The van der Waals surface area contributed by atoms with E-state index in [1.165, 1.54) is 33.9 Å². The van der Waals surface area contributed by atoms with Gasteiger partial charge in [-0.1, -0.05) is 32.2 Å². The van der Waals surface area contributed by atoms with Crippen LogP contribution in [-0.4, -0.2) is 73.7 Å². The van der Waals surface area contributed by atoms with E-state index in [-0.39, 0.29) is 15.8 Å². The number of aliphatic imine (C=N–C) groups is 2. The molecule has 4 rings (SSSR count). The summed E-state index contributed by atoms with van der Waals surface area (Å²) in [5, 5.41) is 2.30. The summed E-state index contributed by atoms with van der Waals surface area (Å²) in [6, 6.07) is 0. The first kappa shape index (κ1) is 36.1. The molecular formula is C27H46N8OS4. The van der Waals surface area contributed by atoms with E-state index in [1.807, 2.05) is 65.5 Å². The molecule has 0 amide bonds. The van der Waals surface area contributed by atoms with Gasteiger partial charge in [0.15, 0.2) is 15.1 Å². The summed E-state index contributed by atoms with van der Waals surface area (Å²) in [5.41, 5.74) is 2.44. The average Bonchev–Trinajstić information content (AvgIpc) is 3.55. The number of aromatic nitrogens is 3. The van der Waals surface area contributed by atoms with Gasteiger partial charge in [0.05, 0.1) is 9.79 Å². The average molecular weight is 627 g/mol. The number of carbonyl (C=O) groups excluding carboxylic acids is 1. The normalized spacial score (nSPS) is 22.7. The number of hydrogen-bond acceptors (Lipinski definition) is 10. The molecule has 4 heterocycles. The minimum atomic E-state index is 0.115. The number of amidine groups is 1. The lowest BCUT2D eigenvalue weighted by molar-refractivity contribution is -0.114. The molecule has 9 nitrogen and oxygen atoms in total. The summed E-state index contributed by atoms with van der Waals surface area (Å²) in [4.78, 5) is 32.8. The van der Waals surface area contributed by atoms with Crippen LogP contribution in [0.15, 0.2) is 32.2 Å². The number of aryl methyl sites for hydroxylation is 2. The Morgan fingerprint density at radius 3 is 1.65 bits per heavy atom. The Hall–Kier alpha value is -1.96. The molecule has 2 atom stereocenters. The fraction of sp³-hybridized carbons (Fsp3) is 0.630. The second-order valence-electron chi connectivity index (χ2n) is 9.79. The summed E-state index contributed by atoms with van der Waals surface area (Å²) in [6.07, 6.45) is 0. The van der Waals surface area contributed by atoms with E-state index >= 15 is 0 Å². The van der Waals surface area contributed by atoms with Gasteiger partial charge in [-0.15, -0.1) is 11.3 Å². The third-order valence-corrected chi connectivity index (χ3v) is 11.8. The maximum absolute atomic E-state index is 11.0. The van der Waals surface area contributed by atoms with Crippen molar-refractivity contribution in [3.8, 4) is 0 Å². The molecule has 2 fully saturated rings. The molecule has 0 spiro atoms. The third-order valence-electron chi connectivity index (χ3n) is 6.82. The molecule has 2 aliphatic heterocycles. The summed E-state index contributed by atoms with van der Waals surface area (Å²) < 4.78 is 8.29. The van der Waals surface area contributed by atoms with E-state index in [2.05, 4.69) is 63.2 Å². The SMILES string of the molecule is C=C1N(C)C(=NC)SC1(C)C.CN=C1SC(=O)C(C)C1C.CN=c1sc(C)c(C)n1C.CN=c1snc(C)n1C. The van der Waals surface area contributed by atoms with Crippen LogP contribution in [0.1, 0.15) is 44.1 Å². The molecule has 0 radical (unpaired) electrons. The van der Waals surface area contributed by atoms with Crippen LogP contribution in [0.3, 0.4) is 0 Å². The van der Waals surface area contributed by atoms with Crippen LogP contribution in [0.5, 0.6) is 0 Å². The van der Waals surface area contributed by atoms with Crippen LogP contribution >= 0.6 is 46.4 Å². The van der Waals surface area contributed by atoms with Crippen LogP contribution in [0.4, 0.5) is 0 Å². The molecule has 40 heavy (non-hydrogen) atoms. The lowest BCUT2D eigenvalue weighted by Crippen LogP contribution is -2.21. The van der Waals surface area contributed by atoms with Crippen molar-refractivity contribution in [3.63, 3.8) is 0 Å². The number of thioether (sulfide) groups is 2. The molecule has 13 heteroatoms. The number of thiazole rings is 1. The van der Waals surface area contributed by atoms with Crippen molar-refractivity contribution in [1.82, 2.24) is 18.4 Å². The predicted molar refractivity (Wildman–Crippen MR) is 178 cm³/mol. The minimum Gasteiger partial charge on any atom is -0.327 e. The Balaban J connectivity index is 0.000000267. The Bertz CT molecular complexity index is 1370. The smallest absolute Gasteiger partial charge is 0.203 e. The number of carbonyl (C=O) groups is 1. The van der Waals surface area contributed by atoms with Gasteiger partial charge in [-0.25, -0.2) is 0 Å². The molecule has 2 aliphatic rings. The van der Waals surface area contributed by atoms with E-state index < -0.39 is 0 Å². The minimum absolute atomic E-state index is 0.115. The van der Waals surface area contributed by atoms with Crippen molar-refractivity contribution in [3.05, 3.63) is 38.3 Å². The molecule has 0 aromatic carbocycles. The van der Waals surface area contributed by atoms with Gasteiger partial charge in [0.25, 0.3) is 0 Å². The fourth-order valence-corrected chi connectivity index (χ4v) is 7.16. The predicted octanol–water partition coefficient (Wildman–Crippen LogP) is 5.06. The highest BCUT2D eigenvalue weighted by Crippen LogP contribution is 2.41. The Morgan fingerprint density at radius 2 is 1.45 bits per heavy atom. The van der Waals surface area contributed by atoms with Crippen LogP contribution in [0, 0.1) is 32.6 Å². The molecule has 0 bridgehead atoms. The molecular weight excluding hydrogens is 581 g/mol. The van der Waals surface area contributed by atoms with Gasteiger partial charge in [0, 0.05) is 89.0 Å². The van der Waals surface area contributed by atoms with Crippen molar-refractivity contribution in [1.29, 1.82) is 0 Å². The Kier molecular flexibility index (Phi) is 14.3. The van der Waals surface area contributed by atoms with Crippen LogP contribution in [0.25, 0.3) is 0 Å². The van der Waals surface area contributed by atoms with E-state index in [1.54, 1.807) is 37.2 Å². The van der Waals surface area contributed by atoms with Gasteiger partial charge in [0.2, 0.25) is 4.80 Å². The molecule has 2 aromatic rings. The van der Waals surface area contributed by atoms with Crippen molar-refractivity contribution in [2.45, 2.75) is 53.2 Å². The second-order valence-corrected chi connectivity index (χ2v) is 14.3. The highest BCUT2D eigenvalue weighted by molar-refractivity contribution is 8.27. The molecule has 0 aliphatic carbocycles. The van der Waals surface area contributed by atoms with Crippen LogP contribution in [0.2, 0.25) is 0 Å². The number of hydrogen-bond donors (Lipinski definition) is 0. The van der Waals surface area contributed by atoms with Gasteiger partial charge in [-0.2, -0.15) is 4.37 Å². The zero-order valence-corrected chi connectivity index (χ0v) is 29.7.